The van der Waals surface area contributed by atoms with Crippen LogP contribution in [-0.4, -0.2) is 48.1 Å². The Bertz CT molecular complexity index is 375. The van der Waals surface area contributed by atoms with Crippen LogP contribution in [0.25, 0.3) is 0 Å². The number of hydrogen-bond donors (Lipinski definition) is 2. The van der Waals surface area contributed by atoms with E-state index in [4.69, 9.17) is 0 Å². The van der Waals surface area contributed by atoms with Crippen molar-refractivity contribution in [2.24, 2.45) is 10.8 Å². The average molecular weight is 268 g/mol. The molecule has 0 bridgehead atoms. The molecule has 1 atom stereocenters. The zero-order chi connectivity index (χ0) is 14.1. The Hall–Kier alpha value is -1.10. The van der Waals surface area contributed by atoms with Crippen LogP contribution >= 0.6 is 0 Å². The molecule has 0 aliphatic carbocycles. The van der Waals surface area contributed by atoms with E-state index in [0.29, 0.717) is 26.1 Å². The monoisotopic (exact) mass is 268 g/mol. The number of aliphatic hydroxyl groups excluding tert-OH is 1. The molecule has 2 N–H and O–H groups in total. The minimum Gasteiger partial charge on any atom is -0.396 e. The highest BCUT2D eigenvalue weighted by molar-refractivity contribution is 6.05. The van der Waals surface area contributed by atoms with Crippen LogP contribution in [0.4, 0.5) is 0 Å². The normalized spacial score (nSPS) is 30.9. The second kappa shape index (κ2) is 5.12. The predicted octanol–water partition coefficient (Wildman–Crippen LogP) is 0.524. The summed E-state index contributed by atoms with van der Waals surface area (Å²) in [6.07, 6.45) is 3.08. The van der Waals surface area contributed by atoms with E-state index < -0.39 is 5.41 Å². The van der Waals surface area contributed by atoms with Gasteiger partial charge in [0.05, 0.1) is 0 Å². The van der Waals surface area contributed by atoms with E-state index in [-0.39, 0.29) is 23.8 Å². The summed E-state index contributed by atoms with van der Waals surface area (Å²) in [4.78, 5) is 26.4. The van der Waals surface area contributed by atoms with Gasteiger partial charge in [0, 0.05) is 26.2 Å². The number of amides is 2. The van der Waals surface area contributed by atoms with Crippen LogP contribution in [0.1, 0.15) is 39.5 Å². The first-order valence-corrected chi connectivity index (χ1v) is 7.10. The highest BCUT2D eigenvalue weighted by atomic mass is 16.3. The quantitative estimate of drug-likeness (QED) is 0.718. The molecule has 2 fully saturated rings. The number of likely N-dealkylation sites (tertiary alicyclic amines) is 1. The lowest BCUT2D eigenvalue weighted by Crippen LogP contribution is -2.56. The number of piperidine rings is 2. The van der Waals surface area contributed by atoms with Crippen LogP contribution in [0.2, 0.25) is 0 Å². The molecular weight excluding hydrogens is 244 g/mol. The summed E-state index contributed by atoms with van der Waals surface area (Å²) in [5, 5.41) is 12.1. The Morgan fingerprint density at radius 3 is 2.47 bits per heavy atom. The fourth-order valence-corrected chi connectivity index (χ4v) is 2.91. The number of aliphatic hydroxyl groups is 1. The average Bonchev–Trinajstić information content (AvgIpc) is 2.42. The molecule has 0 aromatic carbocycles. The molecule has 1 unspecified atom stereocenters. The molecule has 2 rings (SSSR count). The minimum atomic E-state index is -0.898. The molecule has 0 saturated carbocycles. The van der Waals surface area contributed by atoms with Gasteiger partial charge in [-0.25, -0.2) is 0 Å². The maximum absolute atomic E-state index is 12.6. The Morgan fingerprint density at radius 1 is 1.32 bits per heavy atom. The van der Waals surface area contributed by atoms with Gasteiger partial charge in [-0.2, -0.15) is 0 Å². The van der Waals surface area contributed by atoms with E-state index in [2.05, 4.69) is 5.32 Å². The van der Waals surface area contributed by atoms with Gasteiger partial charge in [0.15, 0.2) is 0 Å². The molecule has 19 heavy (non-hydrogen) atoms. The Balaban J connectivity index is 2.03. The molecule has 108 valence electrons. The van der Waals surface area contributed by atoms with Crippen LogP contribution in [0.15, 0.2) is 0 Å². The highest BCUT2D eigenvalue weighted by Crippen LogP contribution is 2.34. The first-order valence-electron chi connectivity index (χ1n) is 7.10. The Morgan fingerprint density at radius 2 is 1.95 bits per heavy atom. The van der Waals surface area contributed by atoms with Gasteiger partial charge in [-0.3, -0.25) is 9.59 Å². The molecule has 0 aromatic rings. The Labute approximate surface area is 114 Å². The second-order valence-electron chi connectivity index (χ2n) is 6.45. The summed E-state index contributed by atoms with van der Waals surface area (Å²) in [7, 11) is 0. The fraction of sp³-hybridized carbons (Fsp3) is 0.857. The molecular formula is C14H24N2O3. The Kier molecular flexibility index (Phi) is 3.85. The summed E-state index contributed by atoms with van der Waals surface area (Å²) >= 11 is 0. The first kappa shape index (κ1) is 14.3. The van der Waals surface area contributed by atoms with E-state index >= 15 is 0 Å². The maximum atomic E-state index is 12.6. The number of hydrogen-bond acceptors (Lipinski definition) is 3. The third-order valence-corrected chi connectivity index (χ3v) is 4.75. The van der Waals surface area contributed by atoms with E-state index in [0.717, 1.165) is 19.3 Å². The van der Waals surface area contributed by atoms with Gasteiger partial charge >= 0.3 is 0 Å². The van der Waals surface area contributed by atoms with Crippen LogP contribution in [0, 0.1) is 10.8 Å². The largest absolute Gasteiger partial charge is 0.396 e. The van der Waals surface area contributed by atoms with E-state index in [1.807, 2.05) is 6.92 Å². The summed E-state index contributed by atoms with van der Waals surface area (Å²) in [5.41, 5.74) is -0.974. The minimum absolute atomic E-state index is 0.0512. The van der Waals surface area contributed by atoms with Crippen molar-refractivity contribution in [3.05, 3.63) is 0 Å². The molecule has 5 nitrogen and oxygen atoms in total. The summed E-state index contributed by atoms with van der Waals surface area (Å²) in [6, 6.07) is 0. The summed E-state index contributed by atoms with van der Waals surface area (Å²) in [6.45, 7) is 5.90. The lowest BCUT2D eigenvalue weighted by Gasteiger charge is -2.42. The molecule has 2 amide bonds. The smallest absolute Gasteiger partial charge is 0.237 e. The van der Waals surface area contributed by atoms with Gasteiger partial charge in [0.2, 0.25) is 11.8 Å². The molecule has 2 aliphatic heterocycles. The van der Waals surface area contributed by atoms with Crippen LogP contribution in [-0.2, 0) is 9.59 Å². The van der Waals surface area contributed by atoms with Gasteiger partial charge in [-0.15, -0.1) is 0 Å². The van der Waals surface area contributed by atoms with E-state index in [1.54, 1.807) is 11.8 Å². The molecule has 2 heterocycles. The zero-order valence-electron chi connectivity index (χ0n) is 11.9. The molecule has 5 heteroatoms. The van der Waals surface area contributed by atoms with Crippen molar-refractivity contribution < 1.29 is 14.7 Å². The highest BCUT2D eigenvalue weighted by Gasteiger charge is 2.46. The summed E-state index contributed by atoms with van der Waals surface area (Å²) in [5.74, 6) is -0.191. The van der Waals surface area contributed by atoms with E-state index in [9.17, 15) is 14.7 Å². The van der Waals surface area contributed by atoms with Crippen LogP contribution in [0.3, 0.4) is 0 Å². The molecule has 0 radical (unpaired) electrons. The van der Waals surface area contributed by atoms with Gasteiger partial charge in [0.1, 0.15) is 5.41 Å². The maximum Gasteiger partial charge on any atom is 0.237 e. The van der Waals surface area contributed by atoms with Gasteiger partial charge in [0.25, 0.3) is 0 Å². The van der Waals surface area contributed by atoms with Gasteiger partial charge < -0.3 is 15.3 Å². The molecule has 2 aliphatic rings. The summed E-state index contributed by atoms with van der Waals surface area (Å²) < 4.78 is 0. The van der Waals surface area contributed by atoms with Gasteiger partial charge in [-0.1, -0.05) is 6.92 Å². The zero-order valence-corrected chi connectivity index (χ0v) is 11.9. The lowest BCUT2D eigenvalue weighted by atomic mass is 9.77. The number of carbonyl (C=O) groups excluding carboxylic acids is 2. The lowest BCUT2D eigenvalue weighted by molar-refractivity contribution is -0.153. The predicted molar refractivity (Wildman–Crippen MR) is 71.4 cm³/mol. The number of nitrogens with zero attached hydrogens (tertiary/aromatic N) is 1. The van der Waals surface area contributed by atoms with Crippen molar-refractivity contribution in [1.82, 2.24) is 10.2 Å². The fourth-order valence-electron chi connectivity index (χ4n) is 2.91. The van der Waals surface area contributed by atoms with Crippen molar-refractivity contribution >= 4 is 11.8 Å². The SMILES string of the molecule is CC1(CO)CCN(C(=O)C2(C)CCCNC2=O)CC1. The number of carbonyl (C=O) groups is 2. The molecule has 0 aromatic heterocycles. The van der Waals surface area contributed by atoms with Crippen LogP contribution in [0.5, 0.6) is 0 Å². The third-order valence-electron chi connectivity index (χ3n) is 4.75. The van der Waals surface area contributed by atoms with E-state index in [1.165, 1.54) is 0 Å². The standard InChI is InChI=1S/C14H24N2O3/c1-13(10-17)5-8-16(9-6-13)12(19)14(2)4-3-7-15-11(14)18/h17H,3-10H2,1-2H3,(H,15,18). The second-order valence-corrected chi connectivity index (χ2v) is 6.45. The topological polar surface area (TPSA) is 69.6 Å². The van der Waals surface area contributed by atoms with Gasteiger partial charge in [-0.05, 0) is 38.0 Å². The number of rotatable bonds is 2. The van der Waals surface area contributed by atoms with Crippen LogP contribution < -0.4 is 5.32 Å². The third kappa shape index (κ3) is 2.61. The van der Waals surface area contributed by atoms with Crippen molar-refractivity contribution in [2.75, 3.05) is 26.2 Å². The van der Waals surface area contributed by atoms with Crippen molar-refractivity contribution in [3.63, 3.8) is 0 Å². The van der Waals surface area contributed by atoms with Crippen molar-refractivity contribution in [3.8, 4) is 0 Å². The first-order chi connectivity index (χ1) is 8.91. The molecule has 2 saturated heterocycles. The van der Waals surface area contributed by atoms with Crippen molar-refractivity contribution in [2.45, 2.75) is 39.5 Å². The van der Waals surface area contributed by atoms with Crippen molar-refractivity contribution in [1.29, 1.82) is 0 Å². The molecule has 0 spiro atoms. The number of nitrogens with one attached hydrogen (secondary N) is 1.